The Morgan fingerprint density at radius 2 is 1.06 bits per heavy atom. The van der Waals surface area contributed by atoms with Gasteiger partial charge in [-0.05, 0) is 55.2 Å². The second-order valence-electron chi connectivity index (χ2n) is 7.69. The SMILES string of the molecule is Cc1ccc(C#Cc2nc3c(ccc4c3ccc3sc(C#Cc5ccccc5)nc34)s2)cc1. The quantitative estimate of drug-likeness (QED) is 0.227. The van der Waals surface area contributed by atoms with Crippen molar-refractivity contribution < 1.29 is 0 Å². The molecular weight excluding hydrogens is 440 g/mol. The fraction of sp³-hybridized carbons (Fsp3) is 0.0345. The van der Waals surface area contributed by atoms with E-state index in [2.05, 4.69) is 67.0 Å². The van der Waals surface area contributed by atoms with Crippen molar-refractivity contribution in [2.75, 3.05) is 0 Å². The minimum absolute atomic E-state index is 0.824. The Morgan fingerprint density at radius 3 is 1.61 bits per heavy atom. The highest BCUT2D eigenvalue weighted by atomic mass is 32.1. The minimum atomic E-state index is 0.824. The highest BCUT2D eigenvalue weighted by Gasteiger charge is 2.11. The van der Waals surface area contributed by atoms with Crippen LogP contribution >= 0.6 is 22.7 Å². The Kier molecular flexibility index (Phi) is 4.89. The number of thiazole rings is 2. The summed E-state index contributed by atoms with van der Waals surface area (Å²) < 4.78 is 2.27. The summed E-state index contributed by atoms with van der Waals surface area (Å²) in [5.74, 6) is 12.9. The Morgan fingerprint density at radius 1 is 0.545 bits per heavy atom. The molecule has 154 valence electrons. The van der Waals surface area contributed by atoms with Gasteiger partial charge in [0.25, 0.3) is 0 Å². The van der Waals surface area contributed by atoms with E-state index >= 15 is 0 Å². The molecule has 0 unspecified atom stereocenters. The first-order chi connectivity index (χ1) is 16.2. The third kappa shape index (κ3) is 3.88. The molecule has 0 radical (unpaired) electrons. The maximum Gasteiger partial charge on any atom is 0.168 e. The van der Waals surface area contributed by atoms with Gasteiger partial charge in [0.1, 0.15) is 0 Å². The average molecular weight is 457 g/mol. The molecule has 4 aromatic carbocycles. The van der Waals surface area contributed by atoms with Crippen LogP contribution < -0.4 is 0 Å². The van der Waals surface area contributed by atoms with Gasteiger partial charge in [-0.2, -0.15) is 0 Å². The Labute approximate surface area is 199 Å². The molecule has 6 aromatic rings. The van der Waals surface area contributed by atoms with Gasteiger partial charge in [-0.3, -0.25) is 0 Å². The van der Waals surface area contributed by atoms with Crippen LogP contribution in [0.3, 0.4) is 0 Å². The summed E-state index contributed by atoms with van der Waals surface area (Å²) in [4.78, 5) is 9.70. The molecule has 0 saturated carbocycles. The van der Waals surface area contributed by atoms with E-state index in [1.807, 2.05) is 42.5 Å². The van der Waals surface area contributed by atoms with Crippen molar-refractivity contribution >= 4 is 53.9 Å². The third-order valence-corrected chi connectivity index (χ3v) is 7.23. The summed E-state index contributed by atoms with van der Waals surface area (Å²) in [5.41, 5.74) is 5.19. The summed E-state index contributed by atoms with van der Waals surface area (Å²) in [6, 6.07) is 26.8. The number of hydrogen-bond acceptors (Lipinski definition) is 4. The number of nitrogens with zero attached hydrogens (tertiary/aromatic N) is 2. The normalized spacial score (nSPS) is 10.7. The fourth-order valence-electron chi connectivity index (χ4n) is 3.70. The van der Waals surface area contributed by atoms with Gasteiger partial charge in [0.2, 0.25) is 0 Å². The minimum Gasteiger partial charge on any atom is -0.227 e. The molecule has 0 atom stereocenters. The number of fused-ring (bicyclic) bond motifs is 5. The van der Waals surface area contributed by atoms with Gasteiger partial charge in [0, 0.05) is 21.9 Å². The van der Waals surface area contributed by atoms with Gasteiger partial charge in [-0.25, -0.2) is 9.97 Å². The molecule has 2 nitrogen and oxygen atoms in total. The van der Waals surface area contributed by atoms with Gasteiger partial charge < -0.3 is 0 Å². The molecule has 0 aliphatic carbocycles. The van der Waals surface area contributed by atoms with E-state index in [0.717, 1.165) is 52.3 Å². The smallest absolute Gasteiger partial charge is 0.168 e. The van der Waals surface area contributed by atoms with E-state index in [1.165, 1.54) is 5.56 Å². The topological polar surface area (TPSA) is 25.8 Å². The zero-order valence-electron chi connectivity index (χ0n) is 17.7. The monoisotopic (exact) mass is 456 g/mol. The first kappa shape index (κ1) is 19.7. The zero-order valence-corrected chi connectivity index (χ0v) is 19.3. The van der Waals surface area contributed by atoms with Gasteiger partial charge in [0.05, 0.1) is 20.4 Å². The maximum atomic E-state index is 4.86. The first-order valence-corrected chi connectivity index (χ1v) is 12.1. The van der Waals surface area contributed by atoms with Crippen molar-refractivity contribution in [3.8, 4) is 23.7 Å². The van der Waals surface area contributed by atoms with E-state index in [9.17, 15) is 0 Å². The summed E-state index contributed by atoms with van der Waals surface area (Å²) in [7, 11) is 0. The predicted molar refractivity (Wildman–Crippen MR) is 140 cm³/mol. The van der Waals surface area contributed by atoms with E-state index in [-0.39, 0.29) is 0 Å². The zero-order chi connectivity index (χ0) is 22.2. The highest BCUT2D eigenvalue weighted by molar-refractivity contribution is 7.19. The van der Waals surface area contributed by atoms with Crippen LogP contribution in [0.4, 0.5) is 0 Å². The summed E-state index contributed by atoms with van der Waals surface area (Å²) in [6.45, 7) is 2.08. The van der Waals surface area contributed by atoms with Gasteiger partial charge in [-0.15, -0.1) is 22.7 Å². The second kappa shape index (κ2) is 8.19. The van der Waals surface area contributed by atoms with Crippen molar-refractivity contribution in [1.29, 1.82) is 0 Å². The molecule has 0 aliphatic heterocycles. The van der Waals surface area contributed by atoms with Crippen molar-refractivity contribution in [3.05, 3.63) is 106 Å². The summed E-state index contributed by atoms with van der Waals surface area (Å²) >= 11 is 3.25. The highest BCUT2D eigenvalue weighted by Crippen LogP contribution is 2.34. The number of hydrogen-bond donors (Lipinski definition) is 0. The lowest BCUT2D eigenvalue weighted by Crippen LogP contribution is -1.79. The molecule has 0 aliphatic rings. The summed E-state index contributed by atoms with van der Waals surface area (Å²) in [6.07, 6.45) is 0. The number of aryl methyl sites for hydroxylation is 1. The lowest BCUT2D eigenvalue weighted by Gasteiger charge is -1.99. The molecule has 0 fully saturated rings. The summed E-state index contributed by atoms with van der Waals surface area (Å²) in [5, 5.41) is 3.86. The Bertz CT molecular complexity index is 1770. The second-order valence-corrected chi connectivity index (χ2v) is 9.75. The van der Waals surface area contributed by atoms with Crippen LogP contribution in [0, 0.1) is 30.6 Å². The van der Waals surface area contributed by atoms with Crippen LogP contribution in [0.2, 0.25) is 0 Å². The number of benzene rings is 4. The van der Waals surface area contributed by atoms with E-state index in [1.54, 1.807) is 22.7 Å². The largest absolute Gasteiger partial charge is 0.227 e. The lowest BCUT2D eigenvalue weighted by molar-refractivity contribution is 1.45. The first-order valence-electron chi connectivity index (χ1n) is 10.5. The molecular formula is C29H16N2S2. The van der Waals surface area contributed by atoms with Gasteiger partial charge >= 0.3 is 0 Å². The van der Waals surface area contributed by atoms with Crippen LogP contribution in [-0.4, -0.2) is 9.97 Å². The van der Waals surface area contributed by atoms with Crippen LogP contribution in [0.1, 0.15) is 26.7 Å². The van der Waals surface area contributed by atoms with Crippen LogP contribution in [0.15, 0.2) is 78.9 Å². The maximum absolute atomic E-state index is 4.86. The Hall–Kier alpha value is -3.96. The molecule has 6 rings (SSSR count). The predicted octanol–water partition coefficient (Wildman–Crippen LogP) is 7.17. The number of aromatic nitrogens is 2. The molecule has 0 N–H and O–H groups in total. The van der Waals surface area contributed by atoms with Gasteiger partial charge in [-0.1, -0.05) is 59.9 Å². The lowest BCUT2D eigenvalue weighted by atomic mass is 10.1. The van der Waals surface area contributed by atoms with Crippen LogP contribution in [0.25, 0.3) is 31.2 Å². The van der Waals surface area contributed by atoms with E-state index in [0.29, 0.717) is 0 Å². The molecule has 0 amide bonds. The molecule has 0 saturated heterocycles. The molecule has 2 heterocycles. The van der Waals surface area contributed by atoms with Crippen molar-refractivity contribution in [2.24, 2.45) is 0 Å². The Balaban J connectivity index is 1.41. The fourth-order valence-corrected chi connectivity index (χ4v) is 5.37. The van der Waals surface area contributed by atoms with Gasteiger partial charge in [0.15, 0.2) is 10.0 Å². The molecule has 0 bridgehead atoms. The molecule has 33 heavy (non-hydrogen) atoms. The standard InChI is InChI=1S/C29H16N2S2/c1-19-7-9-21(10-8-19)12-18-27-31-29-23-13-15-24-28(22(23)14-16-25(29)33-27)30-26(32-24)17-11-20-5-3-2-4-6-20/h2-10,13-16H,1H3. The van der Waals surface area contributed by atoms with Crippen LogP contribution in [0.5, 0.6) is 0 Å². The van der Waals surface area contributed by atoms with E-state index in [4.69, 9.17) is 9.97 Å². The molecule has 2 aromatic heterocycles. The molecule has 0 spiro atoms. The third-order valence-electron chi connectivity index (χ3n) is 5.36. The number of rotatable bonds is 0. The van der Waals surface area contributed by atoms with Crippen molar-refractivity contribution in [3.63, 3.8) is 0 Å². The van der Waals surface area contributed by atoms with Crippen molar-refractivity contribution in [1.82, 2.24) is 9.97 Å². The molecule has 4 heteroatoms. The van der Waals surface area contributed by atoms with E-state index < -0.39 is 0 Å². The average Bonchev–Trinajstić information content (AvgIpc) is 3.46. The van der Waals surface area contributed by atoms with Crippen molar-refractivity contribution in [2.45, 2.75) is 6.92 Å². The van der Waals surface area contributed by atoms with Crippen LogP contribution in [-0.2, 0) is 0 Å².